The zero-order valence-electron chi connectivity index (χ0n) is 9.59. The Hall–Kier alpha value is -0.220. The third kappa shape index (κ3) is 8.38. The summed E-state index contributed by atoms with van der Waals surface area (Å²) in [6.07, 6.45) is 3.13. The van der Waals surface area contributed by atoms with E-state index in [1.165, 1.54) is 0 Å². The molecule has 0 aliphatic carbocycles. The van der Waals surface area contributed by atoms with Crippen molar-refractivity contribution in [2.75, 3.05) is 19.3 Å². The molecular weight excluding hydrogens is 196 g/mol. The van der Waals surface area contributed by atoms with E-state index in [0.29, 0.717) is 17.8 Å². The first-order valence-corrected chi connectivity index (χ1v) is 6.38. The maximum absolute atomic E-state index is 11.2. The third-order valence-corrected chi connectivity index (χ3v) is 2.99. The van der Waals surface area contributed by atoms with Crippen LogP contribution in [0, 0.1) is 0 Å². The first kappa shape index (κ1) is 13.8. The molecule has 0 bridgehead atoms. The van der Waals surface area contributed by atoms with E-state index in [9.17, 15) is 4.79 Å². The van der Waals surface area contributed by atoms with E-state index in [1.54, 1.807) is 0 Å². The Morgan fingerprint density at radius 1 is 1.36 bits per heavy atom. The molecule has 3 nitrogen and oxygen atoms in total. The van der Waals surface area contributed by atoms with Crippen LogP contribution < -0.4 is 10.6 Å². The predicted octanol–water partition coefficient (Wildman–Crippen LogP) is 1.24. The zero-order valence-corrected chi connectivity index (χ0v) is 10.4. The molecule has 0 aromatic carbocycles. The van der Waals surface area contributed by atoms with Crippen molar-refractivity contribution in [3.05, 3.63) is 0 Å². The van der Waals surface area contributed by atoms with Crippen LogP contribution in [0.2, 0.25) is 0 Å². The first-order chi connectivity index (χ1) is 6.56. The Bertz CT molecular complexity index is 162. The van der Waals surface area contributed by atoms with E-state index in [0.717, 1.165) is 13.0 Å². The molecular formula is C10H22N2OS. The van der Waals surface area contributed by atoms with Crippen molar-refractivity contribution in [2.45, 2.75) is 38.5 Å². The van der Waals surface area contributed by atoms with Crippen LogP contribution in [0.3, 0.4) is 0 Å². The SMILES string of the molecule is CSC(C)CCNC(=O)CNC(C)C. The van der Waals surface area contributed by atoms with Gasteiger partial charge in [0.05, 0.1) is 6.54 Å². The van der Waals surface area contributed by atoms with Crippen LogP contribution in [0.5, 0.6) is 0 Å². The minimum Gasteiger partial charge on any atom is -0.355 e. The topological polar surface area (TPSA) is 41.1 Å². The standard InChI is InChI=1S/C10H22N2OS/c1-8(2)12-7-10(13)11-6-5-9(3)14-4/h8-9,12H,5-7H2,1-4H3,(H,11,13). The lowest BCUT2D eigenvalue weighted by Gasteiger charge is -2.10. The summed E-state index contributed by atoms with van der Waals surface area (Å²) < 4.78 is 0. The highest BCUT2D eigenvalue weighted by atomic mass is 32.2. The minimum atomic E-state index is 0.0898. The fourth-order valence-electron chi connectivity index (χ4n) is 0.892. The van der Waals surface area contributed by atoms with Crippen molar-refractivity contribution in [1.82, 2.24) is 10.6 Å². The van der Waals surface area contributed by atoms with Gasteiger partial charge in [-0.1, -0.05) is 20.8 Å². The Morgan fingerprint density at radius 3 is 2.50 bits per heavy atom. The van der Waals surface area contributed by atoms with Crippen molar-refractivity contribution >= 4 is 17.7 Å². The molecule has 1 atom stereocenters. The molecule has 0 heterocycles. The Labute approximate surface area is 91.4 Å². The van der Waals surface area contributed by atoms with Gasteiger partial charge in [-0.25, -0.2) is 0 Å². The molecule has 14 heavy (non-hydrogen) atoms. The van der Waals surface area contributed by atoms with E-state index in [1.807, 2.05) is 25.6 Å². The normalized spacial score (nSPS) is 12.9. The van der Waals surface area contributed by atoms with Crippen molar-refractivity contribution < 1.29 is 4.79 Å². The summed E-state index contributed by atoms with van der Waals surface area (Å²) in [5, 5.41) is 6.59. The average Bonchev–Trinajstić information content (AvgIpc) is 2.14. The van der Waals surface area contributed by atoms with Gasteiger partial charge in [0.25, 0.3) is 0 Å². The molecule has 0 radical (unpaired) electrons. The average molecular weight is 218 g/mol. The van der Waals surface area contributed by atoms with Crippen molar-refractivity contribution in [3.63, 3.8) is 0 Å². The van der Waals surface area contributed by atoms with E-state index < -0.39 is 0 Å². The van der Waals surface area contributed by atoms with Crippen LogP contribution in [-0.4, -0.2) is 36.5 Å². The quantitative estimate of drug-likeness (QED) is 0.675. The number of hydrogen-bond donors (Lipinski definition) is 2. The zero-order chi connectivity index (χ0) is 11.0. The largest absolute Gasteiger partial charge is 0.355 e. The second kappa shape index (κ2) is 8.12. The van der Waals surface area contributed by atoms with Crippen LogP contribution in [0.25, 0.3) is 0 Å². The van der Waals surface area contributed by atoms with Crippen LogP contribution in [0.1, 0.15) is 27.2 Å². The second-order valence-electron chi connectivity index (χ2n) is 3.72. The number of nitrogens with one attached hydrogen (secondary N) is 2. The van der Waals surface area contributed by atoms with Crippen LogP contribution >= 0.6 is 11.8 Å². The second-order valence-corrected chi connectivity index (χ2v) is 5.00. The van der Waals surface area contributed by atoms with Gasteiger partial charge in [-0.15, -0.1) is 0 Å². The molecule has 84 valence electrons. The molecule has 1 unspecified atom stereocenters. The lowest BCUT2D eigenvalue weighted by molar-refractivity contribution is -0.120. The maximum Gasteiger partial charge on any atom is 0.233 e. The van der Waals surface area contributed by atoms with Gasteiger partial charge in [-0.2, -0.15) is 11.8 Å². The fraction of sp³-hybridized carbons (Fsp3) is 0.900. The van der Waals surface area contributed by atoms with Gasteiger partial charge in [0.2, 0.25) is 5.91 Å². The molecule has 0 spiro atoms. The van der Waals surface area contributed by atoms with Gasteiger partial charge in [0, 0.05) is 17.8 Å². The van der Waals surface area contributed by atoms with Gasteiger partial charge in [-0.3, -0.25) is 4.79 Å². The highest BCUT2D eigenvalue weighted by Crippen LogP contribution is 2.07. The molecule has 0 saturated carbocycles. The van der Waals surface area contributed by atoms with E-state index in [-0.39, 0.29) is 5.91 Å². The summed E-state index contributed by atoms with van der Waals surface area (Å²) in [4.78, 5) is 11.2. The summed E-state index contributed by atoms with van der Waals surface area (Å²) in [6, 6.07) is 0.367. The molecule has 0 rings (SSSR count). The summed E-state index contributed by atoms with van der Waals surface area (Å²) in [7, 11) is 0. The van der Waals surface area contributed by atoms with Crippen LogP contribution in [0.15, 0.2) is 0 Å². The van der Waals surface area contributed by atoms with Gasteiger partial charge in [0.15, 0.2) is 0 Å². The summed E-state index contributed by atoms with van der Waals surface area (Å²) in [5.74, 6) is 0.0898. The molecule has 0 aromatic heterocycles. The van der Waals surface area contributed by atoms with Crippen molar-refractivity contribution in [2.24, 2.45) is 0 Å². The first-order valence-electron chi connectivity index (χ1n) is 5.09. The molecule has 2 N–H and O–H groups in total. The number of thioether (sulfide) groups is 1. The summed E-state index contributed by atoms with van der Waals surface area (Å²) >= 11 is 1.83. The molecule has 1 amide bonds. The molecule has 0 aliphatic rings. The molecule has 4 heteroatoms. The van der Waals surface area contributed by atoms with Crippen molar-refractivity contribution in [1.29, 1.82) is 0 Å². The van der Waals surface area contributed by atoms with Gasteiger partial charge >= 0.3 is 0 Å². The summed E-state index contributed by atoms with van der Waals surface area (Å²) in [5.41, 5.74) is 0. The molecule has 0 fully saturated rings. The smallest absolute Gasteiger partial charge is 0.233 e. The number of amides is 1. The van der Waals surface area contributed by atoms with Crippen molar-refractivity contribution in [3.8, 4) is 0 Å². The predicted molar refractivity (Wildman–Crippen MR) is 63.7 cm³/mol. The van der Waals surface area contributed by atoms with E-state index in [4.69, 9.17) is 0 Å². The Morgan fingerprint density at radius 2 is 2.00 bits per heavy atom. The van der Waals surface area contributed by atoms with Gasteiger partial charge in [0.1, 0.15) is 0 Å². The van der Waals surface area contributed by atoms with Gasteiger partial charge in [-0.05, 0) is 12.7 Å². The molecule has 0 saturated heterocycles. The summed E-state index contributed by atoms with van der Waals surface area (Å²) in [6.45, 7) is 7.43. The number of hydrogen-bond acceptors (Lipinski definition) is 3. The Balaban J connectivity index is 3.35. The molecule has 0 aromatic rings. The number of rotatable bonds is 7. The minimum absolute atomic E-state index is 0.0898. The monoisotopic (exact) mass is 218 g/mol. The third-order valence-electron chi connectivity index (χ3n) is 1.95. The van der Waals surface area contributed by atoms with Gasteiger partial charge < -0.3 is 10.6 Å². The highest BCUT2D eigenvalue weighted by Gasteiger charge is 2.03. The highest BCUT2D eigenvalue weighted by molar-refractivity contribution is 7.99. The number of carbonyl (C=O) groups is 1. The Kier molecular flexibility index (Phi) is 7.99. The lowest BCUT2D eigenvalue weighted by atomic mass is 10.3. The lowest BCUT2D eigenvalue weighted by Crippen LogP contribution is -2.37. The van der Waals surface area contributed by atoms with E-state index in [2.05, 4.69) is 23.8 Å². The van der Waals surface area contributed by atoms with Crippen LogP contribution in [0.4, 0.5) is 0 Å². The number of carbonyl (C=O) groups excluding carboxylic acids is 1. The van der Waals surface area contributed by atoms with Crippen LogP contribution in [-0.2, 0) is 4.79 Å². The maximum atomic E-state index is 11.2. The molecule has 0 aliphatic heterocycles. The fourth-order valence-corrected chi connectivity index (χ4v) is 1.25. The van der Waals surface area contributed by atoms with E-state index >= 15 is 0 Å².